The van der Waals surface area contributed by atoms with E-state index in [9.17, 15) is 4.39 Å². The van der Waals surface area contributed by atoms with Crippen LogP contribution in [-0.4, -0.2) is 16.7 Å². The van der Waals surface area contributed by atoms with Crippen LogP contribution >= 0.6 is 12.2 Å². The average Bonchev–Trinajstić information content (AvgIpc) is 2.66. The van der Waals surface area contributed by atoms with E-state index in [0.717, 1.165) is 24.8 Å². The standard InChI is InChI=1S/C22H28FN3OS/c1-5-6-7-13-27-20-11-10-18(14-19(20)22(3,4)23)26-21(28)25-16(2)17-9-8-12-24-15-17/h8-12,14-15H,2,5-7,13H2,1,3-4H3,(H2,25,26,28). The Bertz CT molecular complexity index is 803. The van der Waals surface area contributed by atoms with Gasteiger partial charge in [-0.15, -0.1) is 0 Å². The lowest BCUT2D eigenvalue weighted by Gasteiger charge is -2.21. The summed E-state index contributed by atoms with van der Waals surface area (Å²) in [7, 11) is 0. The molecule has 0 amide bonds. The molecule has 1 aromatic carbocycles. The number of unbranched alkanes of at least 4 members (excludes halogenated alkanes) is 2. The Kier molecular flexibility index (Phi) is 7.93. The number of hydrogen-bond donors (Lipinski definition) is 2. The molecule has 1 aromatic heterocycles. The van der Waals surface area contributed by atoms with Crippen molar-refractivity contribution in [1.82, 2.24) is 10.3 Å². The summed E-state index contributed by atoms with van der Waals surface area (Å²) in [4.78, 5) is 4.06. The van der Waals surface area contributed by atoms with Gasteiger partial charge in [-0.25, -0.2) is 4.39 Å². The molecular formula is C22H28FN3OS. The van der Waals surface area contributed by atoms with Crippen molar-refractivity contribution in [2.75, 3.05) is 11.9 Å². The molecule has 4 nitrogen and oxygen atoms in total. The number of benzene rings is 1. The first-order valence-corrected chi connectivity index (χ1v) is 9.85. The smallest absolute Gasteiger partial charge is 0.175 e. The second-order valence-corrected chi connectivity index (χ2v) is 7.45. The minimum Gasteiger partial charge on any atom is -0.493 e. The maximum Gasteiger partial charge on any atom is 0.175 e. The van der Waals surface area contributed by atoms with Gasteiger partial charge in [0.05, 0.1) is 6.61 Å². The number of aromatic nitrogens is 1. The van der Waals surface area contributed by atoms with Crippen LogP contribution in [0.4, 0.5) is 10.1 Å². The number of halogens is 1. The van der Waals surface area contributed by atoms with E-state index < -0.39 is 5.67 Å². The van der Waals surface area contributed by atoms with E-state index in [1.165, 1.54) is 13.8 Å². The zero-order valence-corrected chi connectivity index (χ0v) is 17.5. The van der Waals surface area contributed by atoms with Crippen LogP contribution in [0.1, 0.15) is 51.2 Å². The predicted octanol–water partition coefficient (Wildman–Crippen LogP) is 5.81. The summed E-state index contributed by atoms with van der Waals surface area (Å²) in [5.74, 6) is 0.563. The number of rotatable bonds is 9. The number of thiocarbonyl (C=S) groups is 1. The van der Waals surface area contributed by atoms with Crippen LogP contribution in [0, 0.1) is 0 Å². The molecule has 6 heteroatoms. The third-order valence-electron chi connectivity index (χ3n) is 4.16. The van der Waals surface area contributed by atoms with Crippen molar-refractivity contribution in [3.63, 3.8) is 0 Å². The Labute approximate surface area is 172 Å². The van der Waals surface area contributed by atoms with Gasteiger partial charge in [0.1, 0.15) is 11.4 Å². The quantitative estimate of drug-likeness (QED) is 0.410. The molecule has 2 N–H and O–H groups in total. The summed E-state index contributed by atoms with van der Waals surface area (Å²) in [6, 6.07) is 9.05. The summed E-state index contributed by atoms with van der Waals surface area (Å²) in [5.41, 5.74) is 1.10. The van der Waals surface area contributed by atoms with E-state index in [1.54, 1.807) is 24.5 Å². The molecule has 150 valence electrons. The van der Waals surface area contributed by atoms with Gasteiger partial charge in [-0.1, -0.05) is 26.3 Å². The van der Waals surface area contributed by atoms with Gasteiger partial charge in [-0.3, -0.25) is 4.98 Å². The topological polar surface area (TPSA) is 46.2 Å². The number of nitrogens with one attached hydrogen (secondary N) is 2. The molecule has 0 aliphatic heterocycles. The fourth-order valence-electron chi connectivity index (χ4n) is 2.65. The number of hydrogen-bond acceptors (Lipinski definition) is 3. The molecule has 0 fully saturated rings. The fraction of sp³-hybridized carbons (Fsp3) is 0.364. The molecule has 0 radical (unpaired) electrons. The lowest BCUT2D eigenvalue weighted by Crippen LogP contribution is -2.27. The molecule has 0 spiro atoms. The third-order valence-corrected chi connectivity index (χ3v) is 4.36. The Morgan fingerprint density at radius 3 is 2.71 bits per heavy atom. The second-order valence-electron chi connectivity index (χ2n) is 7.04. The Balaban J connectivity index is 2.06. The number of ether oxygens (including phenoxy) is 1. The molecule has 0 aliphatic rings. The first-order valence-electron chi connectivity index (χ1n) is 9.45. The second kappa shape index (κ2) is 10.2. The van der Waals surface area contributed by atoms with Crippen LogP contribution in [0.15, 0.2) is 49.3 Å². The molecule has 0 bridgehead atoms. The van der Waals surface area contributed by atoms with Crippen LogP contribution in [-0.2, 0) is 5.67 Å². The van der Waals surface area contributed by atoms with Crippen molar-refractivity contribution in [1.29, 1.82) is 0 Å². The van der Waals surface area contributed by atoms with Gasteiger partial charge in [-0.2, -0.15) is 0 Å². The van der Waals surface area contributed by atoms with Gasteiger partial charge < -0.3 is 15.4 Å². The van der Waals surface area contributed by atoms with Crippen LogP contribution in [0.5, 0.6) is 5.75 Å². The van der Waals surface area contributed by atoms with Gasteiger partial charge in [0.2, 0.25) is 0 Å². The summed E-state index contributed by atoms with van der Waals surface area (Å²) < 4.78 is 20.5. The van der Waals surface area contributed by atoms with E-state index in [0.29, 0.717) is 34.4 Å². The van der Waals surface area contributed by atoms with Crippen LogP contribution < -0.4 is 15.4 Å². The number of anilines is 1. The van der Waals surface area contributed by atoms with Gasteiger partial charge in [0.25, 0.3) is 0 Å². The summed E-state index contributed by atoms with van der Waals surface area (Å²) >= 11 is 5.35. The maximum atomic E-state index is 14.7. The van der Waals surface area contributed by atoms with Crippen LogP contribution in [0.2, 0.25) is 0 Å². The van der Waals surface area contributed by atoms with Crippen molar-refractivity contribution in [2.45, 2.75) is 45.7 Å². The van der Waals surface area contributed by atoms with E-state index >= 15 is 0 Å². The highest BCUT2D eigenvalue weighted by Gasteiger charge is 2.24. The third kappa shape index (κ3) is 6.60. The molecular weight excluding hydrogens is 373 g/mol. The number of pyridine rings is 1. The molecule has 0 atom stereocenters. The van der Waals surface area contributed by atoms with Crippen molar-refractivity contribution < 1.29 is 9.13 Å². The molecule has 0 aliphatic carbocycles. The summed E-state index contributed by atoms with van der Waals surface area (Å²) in [6.07, 6.45) is 6.55. The van der Waals surface area contributed by atoms with Gasteiger partial charge in [0.15, 0.2) is 5.11 Å². The lowest BCUT2D eigenvalue weighted by atomic mass is 9.98. The first-order chi connectivity index (χ1) is 13.3. The highest BCUT2D eigenvalue weighted by Crippen LogP contribution is 2.35. The highest BCUT2D eigenvalue weighted by atomic mass is 32.1. The monoisotopic (exact) mass is 401 g/mol. The van der Waals surface area contributed by atoms with Gasteiger partial charge in [-0.05, 0) is 62.8 Å². The maximum absolute atomic E-state index is 14.7. The van der Waals surface area contributed by atoms with Gasteiger partial charge in [0, 0.05) is 34.9 Å². The minimum atomic E-state index is -1.54. The lowest BCUT2D eigenvalue weighted by molar-refractivity contribution is 0.207. The van der Waals surface area contributed by atoms with Gasteiger partial charge >= 0.3 is 0 Å². The van der Waals surface area contributed by atoms with Crippen molar-refractivity contribution >= 4 is 28.7 Å². The zero-order chi connectivity index (χ0) is 20.6. The highest BCUT2D eigenvalue weighted by molar-refractivity contribution is 7.80. The molecule has 0 saturated heterocycles. The average molecular weight is 402 g/mol. The summed E-state index contributed by atoms with van der Waals surface area (Å²) in [5, 5.41) is 6.47. The molecule has 2 aromatic rings. The molecule has 0 unspecified atom stereocenters. The molecule has 0 saturated carbocycles. The minimum absolute atomic E-state index is 0.369. The number of alkyl halides is 1. The van der Waals surface area contributed by atoms with E-state index in [1.807, 2.05) is 18.2 Å². The van der Waals surface area contributed by atoms with E-state index in [4.69, 9.17) is 17.0 Å². The zero-order valence-electron chi connectivity index (χ0n) is 16.7. The van der Waals surface area contributed by atoms with E-state index in [2.05, 4.69) is 29.1 Å². The molecule has 2 rings (SSSR count). The molecule has 1 heterocycles. The van der Waals surface area contributed by atoms with Crippen LogP contribution in [0.3, 0.4) is 0 Å². The van der Waals surface area contributed by atoms with Crippen molar-refractivity contribution in [3.05, 3.63) is 60.4 Å². The SMILES string of the molecule is C=C(NC(=S)Nc1ccc(OCCCCC)c(C(C)(C)F)c1)c1cccnc1. The Morgan fingerprint density at radius 1 is 1.29 bits per heavy atom. The Morgan fingerprint density at radius 2 is 2.07 bits per heavy atom. The first kappa shape index (κ1) is 21.8. The Hall–Kier alpha value is -2.47. The van der Waals surface area contributed by atoms with E-state index in [-0.39, 0.29) is 0 Å². The normalized spacial score (nSPS) is 11.0. The fourth-order valence-corrected chi connectivity index (χ4v) is 2.89. The van der Waals surface area contributed by atoms with Crippen LogP contribution in [0.25, 0.3) is 5.70 Å². The molecule has 28 heavy (non-hydrogen) atoms. The predicted molar refractivity (Wildman–Crippen MR) is 118 cm³/mol. The largest absolute Gasteiger partial charge is 0.493 e. The van der Waals surface area contributed by atoms with Crippen molar-refractivity contribution in [3.8, 4) is 5.75 Å². The van der Waals surface area contributed by atoms with Crippen molar-refractivity contribution in [2.24, 2.45) is 0 Å². The number of nitrogens with zero attached hydrogens (tertiary/aromatic N) is 1. The summed E-state index contributed by atoms with van der Waals surface area (Å²) in [6.45, 7) is 9.72.